The molecule has 1 aromatic carbocycles. The second-order valence-electron chi connectivity index (χ2n) is 6.78. The number of anilines is 1. The summed E-state index contributed by atoms with van der Waals surface area (Å²) in [4.78, 5) is 17.6. The number of urea groups is 1. The number of fused-ring (bicyclic) bond motifs is 1. The molecule has 2 amide bonds. The molecule has 1 aliphatic carbocycles. The molecular weight excluding hydrogens is 326 g/mol. The van der Waals surface area contributed by atoms with Gasteiger partial charge in [-0.15, -0.1) is 0 Å². The van der Waals surface area contributed by atoms with Crippen molar-refractivity contribution in [3.63, 3.8) is 0 Å². The van der Waals surface area contributed by atoms with Crippen molar-refractivity contribution < 1.29 is 13.2 Å². The lowest BCUT2D eigenvalue weighted by molar-refractivity contribution is 0.131. The van der Waals surface area contributed by atoms with Gasteiger partial charge >= 0.3 is 6.03 Å². The van der Waals surface area contributed by atoms with Gasteiger partial charge in [0.25, 0.3) is 0 Å². The van der Waals surface area contributed by atoms with Crippen LogP contribution < -0.4 is 5.32 Å². The van der Waals surface area contributed by atoms with Gasteiger partial charge in [0.15, 0.2) is 9.84 Å². The van der Waals surface area contributed by atoms with E-state index in [4.69, 9.17) is 0 Å². The molecule has 2 aromatic rings. The molecule has 1 aromatic heterocycles. The molecule has 1 unspecified atom stereocenters. The van der Waals surface area contributed by atoms with Crippen LogP contribution in [0.5, 0.6) is 0 Å². The van der Waals surface area contributed by atoms with Crippen LogP contribution in [-0.4, -0.2) is 48.4 Å². The second-order valence-corrected chi connectivity index (χ2v) is 9.00. The zero-order valence-corrected chi connectivity index (χ0v) is 14.2. The van der Waals surface area contributed by atoms with Crippen LogP contribution in [-0.2, 0) is 9.84 Å². The number of hydrogen-bond donors (Lipinski definition) is 2. The molecule has 2 heterocycles. The smallest absolute Gasteiger partial charge is 0.322 e. The number of H-pyrrole nitrogens is 1. The van der Waals surface area contributed by atoms with Crippen molar-refractivity contribution in [1.82, 2.24) is 9.88 Å². The highest BCUT2D eigenvalue weighted by Gasteiger charge is 2.40. The minimum absolute atomic E-state index is 0.0560. The number of carbonyl (C=O) groups excluding carboxylic acids is 1. The Hall–Kier alpha value is -2.02. The van der Waals surface area contributed by atoms with Crippen molar-refractivity contribution in [2.24, 2.45) is 5.92 Å². The Bertz CT molecular complexity index is 870. The van der Waals surface area contributed by atoms with Crippen LogP contribution >= 0.6 is 0 Å². The molecular formula is C17H21N3O3S. The summed E-state index contributed by atoms with van der Waals surface area (Å²) in [6, 6.07) is 7.27. The van der Waals surface area contributed by atoms with E-state index in [1.165, 1.54) is 0 Å². The standard InChI is InChI=1S/C17H21N3O3S/c21-17(19-14-4-5-15-13(10-14)6-7-18-15)20-8-9-24(22,23)11-16(20)12-2-1-3-12/h4-7,10,12,16,18H,1-3,8-9,11H2,(H,19,21). The molecule has 7 heteroatoms. The fourth-order valence-electron chi connectivity index (χ4n) is 3.63. The number of carbonyl (C=O) groups is 1. The van der Waals surface area contributed by atoms with E-state index in [2.05, 4.69) is 10.3 Å². The molecule has 4 rings (SSSR count). The number of aromatic nitrogens is 1. The topological polar surface area (TPSA) is 82.3 Å². The summed E-state index contributed by atoms with van der Waals surface area (Å²) < 4.78 is 24.0. The number of nitrogens with zero attached hydrogens (tertiary/aromatic N) is 1. The maximum absolute atomic E-state index is 12.7. The summed E-state index contributed by atoms with van der Waals surface area (Å²) in [5.74, 6) is 0.473. The molecule has 6 nitrogen and oxygen atoms in total. The lowest BCUT2D eigenvalue weighted by Crippen LogP contribution is -2.56. The largest absolute Gasteiger partial charge is 0.361 e. The number of aromatic amines is 1. The minimum atomic E-state index is -3.04. The summed E-state index contributed by atoms with van der Waals surface area (Å²) in [6.07, 6.45) is 5.01. The Morgan fingerprint density at radius 1 is 1.25 bits per heavy atom. The van der Waals surface area contributed by atoms with Crippen LogP contribution in [0.4, 0.5) is 10.5 Å². The summed E-state index contributed by atoms with van der Waals surface area (Å²) >= 11 is 0. The molecule has 2 N–H and O–H groups in total. The predicted octanol–water partition coefficient (Wildman–Crippen LogP) is 2.60. The third kappa shape index (κ3) is 2.88. The number of hydrogen-bond acceptors (Lipinski definition) is 3. The maximum Gasteiger partial charge on any atom is 0.322 e. The predicted molar refractivity (Wildman–Crippen MR) is 93.8 cm³/mol. The molecule has 1 saturated carbocycles. The second kappa shape index (κ2) is 5.81. The fraction of sp³-hybridized carbons (Fsp3) is 0.471. The van der Waals surface area contributed by atoms with Gasteiger partial charge < -0.3 is 15.2 Å². The van der Waals surface area contributed by atoms with Crippen molar-refractivity contribution in [3.05, 3.63) is 30.5 Å². The lowest BCUT2D eigenvalue weighted by atomic mass is 9.79. The Kier molecular flexibility index (Phi) is 3.75. The van der Waals surface area contributed by atoms with E-state index >= 15 is 0 Å². The number of benzene rings is 1. The molecule has 0 radical (unpaired) electrons. The van der Waals surface area contributed by atoms with Gasteiger partial charge in [-0.25, -0.2) is 13.2 Å². The first-order valence-corrected chi connectivity index (χ1v) is 10.2. The molecule has 24 heavy (non-hydrogen) atoms. The van der Waals surface area contributed by atoms with E-state index in [1.807, 2.05) is 30.5 Å². The van der Waals surface area contributed by atoms with Crippen LogP contribution in [0.1, 0.15) is 19.3 Å². The van der Waals surface area contributed by atoms with E-state index in [9.17, 15) is 13.2 Å². The summed E-state index contributed by atoms with van der Waals surface area (Å²) in [7, 11) is -3.04. The van der Waals surface area contributed by atoms with Crippen molar-refractivity contribution in [3.8, 4) is 0 Å². The van der Waals surface area contributed by atoms with Crippen molar-refractivity contribution in [1.29, 1.82) is 0 Å². The maximum atomic E-state index is 12.7. The van der Waals surface area contributed by atoms with Crippen molar-refractivity contribution >= 4 is 32.5 Å². The van der Waals surface area contributed by atoms with Gasteiger partial charge in [-0.05, 0) is 43.0 Å². The van der Waals surface area contributed by atoms with Crippen LogP contribution in [0.3, 0.4) is 0 Å². The Morgan fingerprint density at radius 2 is 2.08 bits per heavy atom. The van der Waals surface area contributed by atoms with Gasteiger partial charge in [0.05, 0.1) is 17.5 Å². The quantitative estimate of drug-likeness (QED) is 0.876. The van der Waals surface area contributed by atoms with Gasteiger partial charge in [-0.2, -0.15) is 0 Å². The van der Waals surface area contributed by atoms with Gasteiger partial charge in [0.2, 0.25) is 0 Å². The van der Waals surface area contributed by atoms with E-state index in [-0.39, 0.29) is 30.1 Å². The minimum Gasteiger partial charge on any atom is -0.361 e. The Morgan fingerprint density at radius 3 is 2.83 bits per heavy atom. The zero-order valence-electron chi connectivity index (χ0n) is 13.4. The fourth-order valence-corrected chi connectivity index (χ4v) is 5.24. The van der Waals surface area contributed by atoms with Crippen molar-refractivity contribution in [2.75, 3.05) is 23.4 Å². The molecule has 0 spiro atoms. The molecule has 1 aliphatic heterocycles. The SMILES string of the molecule is O=C(Nc1ccc2[nH]ccc2c1)N1CCS(=O)(=O)CC1C1CCC1. The molecule has 1 atom stereocenters. The van der Waals surface area contributed by atoms with Crippen LogP contribution in [0.25, 0.3) is 10.9 Å². The monoisotopic (exact) mass is 347 g/mol. The molecule has 2 aliphatic rings. The third-order valence-electron chi connectivity index (χ3n) is 5.23. The zero-order chi connectivity index (χ0) is 16.7. The summed E-state index contributed by atoms with van der Waals surface area (Å²) in [6.45, 7) is 0.279. The average Bonchev–Trinajstić information content (AvgIpc) is 2.92. The first kappa shape index (κ1) is 15.5. The number of nitrogens with one attached hydrogen (secondary N) is 2. The Labute approximate surface area is 141 Å². The number of rotatable bonds is 2. The van der Waals surface area contributed by atoms with Gasteiger partial charge in [0.1, 0.15) is 0 Å². The summed E-state index contributed by atoms with van der Waals surface area (Å²) in [5.41, 5.74) is 1.75. The summed E-state index contributed by atoms with van der Waals surface area (Å²) in [5, 5.41) is 3.96. The van der Waals surface area contributed by atoms with Crippen LogP contribution in [0.15, 0.2) is 30.5 Å². The lowest BCUT2D eigenvalue weighted by Gasteiger charge is -2.43. The first-order valence-electron chi connectivity index (χ1n) is 8.37. The van der Waals surface area contributed by atoms with E-state index in [0.717, 1.165) is 35.9 Å². The highest BCUT2D eigenvalue weighted by Crippen LogP contribution is 2.34. The number of amides is 2. The van der Waals surface area contributed by atoms with E-state index < -0.39 is 9.84 Å². The Balaban J connectivity index is 1.53. The van der Waals surface area contributed by atoms with Crippen LogP contribution in [0.2, 0.25) is 0 Å². The highest BCUT2D eigenvalue weighted by atomic mass is 32.2. The van der Waals surface area contributed by atoms with Gasteiger partial charge in [0, 0.05) is 29.3 Å². The first-order chi connectivity index (χ1) is 11.5. The molecule has 1 saturated heterocycles. The number of sulfone groups is 1. The molecule has 2 fully saturated rings. The van der Waals surface area contributed by atoms with Gasteiger partial charge in [-0.3, -0.25) is 0 Å². The molecule has 128 valence electrons. The molecule has 0 bridgehead atoms. The third-order valence-corrected chi connectivity index (χ3v) is 6.88. The van der Waals surface area contributed by atoms with E-state index in [1.54, 1.807) is 4.90 Å². The van der Waals surface area contributed by atoms with Crippen LogP contribution in [0, 0.1) is 5.92 Å². The van der Waals surface area contributed by atoms with Crippen molar-refractivity contribution in [2.45, 2.75) is 25.3 Å². The normalized spacial score (nSPS) is 23.8. The average molecular weight is 347 g/mol. The van der Waals surface area contributed by atoms with E-state index in [0.29, 0.717) is 5.92 Å². The van der Waals surface area contributed by atoms with Gasteiger partial charge in [-0.1, -0.05) is 6.42 Å². The highest BCUT2D eigenvalue weighted by molar-refractivity contribution is 7.91.